The van der Waals surface area contributed by atoms with Crippen LogP contribution in [0, 0.1) is 23.7 Å². The van der Waals surface area contributed by atoms with E-state index in [0.717, 1.165) is 11.6 Å². The van der Waals surface area contributed by atoms with Gasteiger partial charge in [0.1, 0.15) is 29.4 Å². The van der Waals surface area contributed by atoms with E-state index in [2.05, 4.69) is 20.8 Å². The van der Waals surface area contributed by atoms with Crippen molar-refractivity contribution >= 4 is 23.0 Å². The van der Waals surface area contributed by atoms with E-state index in [4.69, 9.17) is 19.0 Å². The minimum Gasteiger partial charge on any atom is -0.459 e. The average Bonchev–Trinajstić information content (AvgIpc) is 3.62. The van der Waals surface area contributed by atoms with Crippen molar-refractivity contribution in [1.82, 2.24) is 20.5 Å². The first-order valence-corrected chi connectivity index (χ1v) is 19.9. The van der Waals surface area contributed by atoms with Gasteiger partial charge in [0.05, 0.1) is 41.6 Å². The summed E-state index contributed by atoms with van der Waals surface area (Å²) in [5, 5.41) is 72.7. The fourth-order valence-electron chi connectivity index (χ4n) is 7.67. The Morgan fingerprint density at radius 1 is 1.04 bits per heavy atom. The number of hydrogen-bond acceptors (Lipinski definition) is 16. The molecule has 2 aliphatic rings. The molecular weight excluding hydrogens is 706 g/mol. The summed E-state index contributed by atoms with van der Waals surface area (Å²) in [4.78, 5) is 25.4. The van der Waals surface area contributed by atoms with E-state index in [-0.39, 0.29) is 31.6 Å². The Balaban J connectivity index is 1.90. The standard InChI is InChI=1S/C37H67N5O10S/c1-11-27-37(8,48)32(45)23(4)29(41-49-16-14-38-12-13-39-20-28-40-15-17-53-28)21(2)19-36(7,47)33(24(5)30(43)25(6)34(46)51-27)52-35-31(44)26(42(9)10)18-22(3)50-35/h15,17,21-27,30-33,35,38-39,43-45,47-48H,11-14,16,18-20H2,1-10H3/b41-29+/t21-,22-,23+,24+,25-,26?,27-,30+,31+,32+,33+,35+,36-,37-/m1/s1. The van der Waals surface area contributed by atoms with Crippen LogP contribution in [0.5, 0.6) is 0 Å². The largest absolute Gasteiger partial charge is 0.459 e. The summed E-state index contributed by atoms with van der Waals surface area (Å²) in [5.41, 5.74) is -3.23. The molecule has 3 rings (SSSR count). The molecular formula is C37H67N5O10S. The molecule has 0 radical (unpaired) electrons. The number of oxime groups is 1. The van der Waals surface area contributed by atoms with Crippen LogP contribution in [0.25, 0.3) is 0 Å². The van der Waals surface area contributed by atoms with Gasteiger partial charge in [-0.2, -0.15) is 0 Å². The van der Waals surface area contributed by atoms with E-state index >= 15 is 0 Å². The first-order chi connectivity index (χ1) is 24.8. The zero-order chi connectivity index (χ0) is 39.7. The third kappa shape index (κ3) is 12.1. The summed E-state index contributed by atoms with van der Waals surface area (Å²) in [6.45, 7) is 16.1. The normalized spacial score (nSPS) is 40.2. The maximum atomic E-state index is 13.5. The van der Waals surface area contributed by atoms with Crippen molar-refractivity contribution < 1.29 is 49.4 Å². The zero-order valence-electron chi connectivity index (χ0n) is 33.3. The molecule has 0 spiro atoms. The molecule has 1 aromatic rings. The zero-order valence-corrected chi connectivity index (χ0v) is 34.1. The smallest absolute Gasteiger partial charge is 0.311 e. The second-order valence-electron chi connectivity index (χ2n) is 15.7. The molecule has 3 heterocycles. The highest BCUT2D eigenvalue weighted by Crippen LogP contribution is 2.38. The molecule has 2 saturated heterocycles. The maximum absolute atomic E-state index is 13.5. The lowest BCUT2D eigenvalue weighted by molar-refractivity contribution is -0.298. The van der Waals surface area contributed by atoms with Gasteiger partial charge in [0.15, 0.2) is 6.29 Å². The fraction of sp³-hybridized carbons (Fsp3) is 0.865. The number of carbonyl (C=O) groups is 1. The monoisotopic (exact) mass is 773 g/mol. The van der Waals surface area contributed by atoms with E-state index in [0.29, 0.717) is 31.8 Å². The van der Waals surface area contributed by atoms with E-state index < -0.39 is 77.7 Å². The Bertz CT molecular complexity index is 1270. The molecule has 0 bridgehead atoms. The molecule has 0 aromatic carbocycles. The molecule has 306 valence electrons. The molecule has 0 saturated carbocycles. The van der Waals surface area contributed by atoms with Gasteiger partial charge in [-0.25, -0.2) is 4.98 Å². The van der Waals surface area contributed by atoms with Crippen molar-refractivity contribution in [1.29, 1.82) is 0 Å². The van der Waals surface area contributed by atoms with Crippen molar-refractivity contribution in [3.63, 3.8) is 0 Å². The van der Waals surface area contributed by atoms with Crippen molar-refractivity contribution in [3.05, 3.63) is 16.6 Å². The number of aliphatic hydroxyl groups excluding tert-OH is 3. The first-order valence-electron chi connectivity index (χ1n) is 19.0. The molecule has 7 N–H and O–H groups in total. The van der Waals surface area contributed by atoms with E-state index in [1.807, 2.05) is 38.2 Å². The minimum absolute atomic E-state index is 0.0185. The molecule has 2 aliphatic heterocycles. The van der Waals surface area contributed by atoms with Crippen LogP contribution in [0.3, 0.4) is 0 Å². The summed E-state index contributed by atoms with van der Waals surface area (Å²) in [6, 6.07) is -0.286. The summed E-state index contributed by atoms with van der Waals surface area (Å²) in [6.07, 6.45) is -5.00. The highest BCUT2D eigenvalue weighted by atomic mass is 32.1. The summed E-state index contributed by atoms with van der Waals surface area (Å²) in [7, 11) is 3.72. The van der Waals surface area contributed by atoms with Crippen LogP contribution in [0.4, 0.5) is 0 Å². The van der Waals surface area contributed by atoms with E-state index in [1.54, 1.807) is 45.2 Å². The lowest BCUT2D eigenvalue weighted by Gasteiger charge is -2.47. The molecule has 0 amide bonds. The molecule has 14 atom stereocenters. The number of nitrogens with zero attached hydrogens (tertiary/aromatic N) is 3. The predicted octanol–water partition coefficient (Wildman–Crippen LogP) is 1.50. The van der Waals surface area contributed by atoms with E-state index in [9.17, 15) is 30.3 Å². The number of carbonyl (C=O) groups excluding carboxylic acids is 1. The highest BCUT2D eigenvalue weighted by molar-refractivity contribution is 7.09. The van der Waals surface area contributed by atoms with Gasteiger partial charge in [-0.1, -0.05) is 32.9 Å². The number of hydrogen-bond donors (Lipinski definition) is 7. The average molecular weight is 774 g/mol. The van der Waals surface area contributed by atoms with Gasteiger partial charge in [0, 0.05) is 61.6 Å². The molecule has 1 unspecified atom stereocenters. The number of cyclic esters (lactones) is 1. The molecule has 15 nitrogen and oxygen atoms in total. The lowest BCUT2D eigenvalue weighted by atomic mass is 9.73. The second kappa shape index (κ2) is 20.4. The van der Waals surface area contributed by atoms with E-state index in [1.165, 1.54) is 13.8 Å². The number of rotatable bonds is 13. The van der Waals surface area contributed by atoms with Crippen LogP contribution in [0.15, 0.2) is 16.7 Å². The van der Waals surface area contributed by atoms with Gasteiger partial charge in [0.2, 0.25) is 0 Å². The lowest BCUT2D eigenvalue weighted by Crippen LogP contribution is -2.60. The third-order valence-electron chi connectivity index (χ3n) is 10.9. The van der Waals surface area contributed by atoms with Gasteiger partial charge < -0.3 is 60.1 Å². The van der Waals surface area contributed by atoms with Gasteiger partial charge in [-0.15, -0.1) is 11.3 Å². The number of nitrogens with one attached hydrogen (secondary N) is 2. The number of ether oxygens (including phenoxy) is 3. The molecule has 53 heavy (non-hydrogen) atoms. The Morgan fingerprint density at radius 2 is 1.72 bits per heavy atom. The summed E-state index contributed by atoms with van der Waals surface area (Å²) in [5.74, 6) is -4.09. The molecule has 16 heteroatoms. The number of aliphatic hydroxyl groups is 5. The second-order valence-corrected chi connectivity index (χ2v) is 16.7. The van der Waals surface area contributed by atoms with Crippen molar-refractivity contribution in [3.8, 4) is 0 Å². The fourth-order valence-corrected chi connectivity index (χ4v) is 8.26. The van der Waals surface area contributed by atoms with Gasteiger partial charge in [-0.3, -0.25) is 4.79 Å². The maximum Gasteiger partial charge on any atom is 0.311 e. The quantitative estimate of drug-likeness (QED) is 0.0862. The topological polar surface area (TPSA) is 208 Å². The van der Waals surface area contributed by atoms with Crippen LogP contribution in [0.1, 0.15) is 79.7 Å². The minimum atomic E-state index is -1.90. The predicted molar refractivity (Wildman–Crippen MR) is 202 cm³/mol. The van der Waals surface area contributed by atoms with Crippen LogP contribution >= 0.6 is 11.3 Å². The van der Waals surface area contributed by atoms with Crippen LogP contribution in [0.2, 0.25) is 0 Å². The van der Waals surface area contributed by atoms with Crippen LogP contribution in [-0.2, 0) is 30.4 Å². The van der Waals surface area contributed by atoms with Crippen molar-refractivity contribution in [2.45, 2.75) is 141 Å². The van der Waals surface area contributed by atoms with Crippen molar-refractivity contribution in [2.24, 2.45) is 28.8 Å². The number of aromatic nitrogens is 1. The Labute approximate surface area is 319 Å². The first kappa shape index (κ1) is 45.6. The number of thiazole rings is 1. The van der Waals surface area contributed by atoms with Crippen LogP contribution in [-0.4, -0.2) is 148 Å². The van der Waals surface area contributed by atoms with Gasteiger partial charge in [0.25, 0.3) is 0 Å². The van der Waals surface area contributed by atoms with Gasteiger partial charge in [-0.05, 0) is 61.1 Å². The summed E-state index contributed by atoms with van der Waals surface area (Å²) < 4.78 is 18.3. The molecule has 1 aromatic heterocycles. The molecule has 2 fully saturated rings. The number of likely N-dealkylation sites (N-methyl/N-ethyl adjacent to an activating group) is 1. The Kier molecular flexibility index (Phi) is 17.5. The molecule has 0 aliphatic carbocycles. The Morgan fingerprint density at radius 3 is 2.34 bits per heavy atom. The highest BCUT2D eigenvalue weighted by Gasteiger charge is 2.51. The SMILES string of the molecule is CC[C@H]1OC(=O)[C@H](C)[C@@H](O)[C@H](C)[C@H](O[C@@H]2O[C@H](C)CC(N(C)C)[C@@H]2O)[C@](C)(O)C[C@@H](C)/C(=N\OCCNCCNCc2nccs2)[C@H](C)[C@H](O)[C@]1(C)O. The number of esters is 1. The Hall–Kier alpha value is -1.83. The van der Waals surface area contributed by atoms with Crippen molar-refractivity contribution in [2.75, 3.05) is 40.3 Å². The summed E-state index contributed by atoms with van der Waals surface area (Å²) >= 11 is 1.60. The third-order valence-corrected chi connectivity index (χ3v) is 11.7. The van der Waals surface area contributed by atoms with Crippen LogP contribution < -0.4 is 10.6 Å². The van der Waals surface area contributed by atoms with Gasteiger partial charge >= 0.3 is 5.97 Å².